The van der Waals surface area contributed by atoms with E-state index in [1.807, 2.05) is 24.4 Å². The Hall–Kier alpha value is -2.94. The Balaban J connectivity index is 1.42. The largest absolute Gasteiger partial charge is 0.465 e. The Morgan fingerprint density at radius 3 is 3.15 bits per heavy atom. The number of hydrogen-bond donors (Lipinski definition) is 2. The van der Waals surface area contributed by atoms with Crippen molar-refractivity contribution in [3.05, 3.63) is 41.7 Å². The summed E-state index contributed by atoms with van der Waals surface area (Å²) in [6, 6.07) is 6.06. The molecule has 134 valence electrons. The normalized spacial score (nSPS) is 16.7. The molecule has 1 atom stereocenters. The molecule has 3 aromatic rings. The molecule has 1 unspecified atom stereocenters. The molecule has 0 aromatic carbocycles. The molecular weight excluding hydrogens is 352 g/mol. The predicted molar refractivity (Wildman–Crippen MR) is 99.5 cm³/mol. The van der Waals surface area contributed by atoms with Crippen LogP contribution in [0.5, 0.6) is 0 Å². The number of esters is 1. The summed E-state index contributed by atoms with van der Waals surface area (Å²) in [5.74, 6) is 0.355. The first kappa shape index (κ1) is 16.5. The molecule has 1 saturated heterocycles. The number of methoxy groups -OCH3 is 1. The zero-order valence-electron chi connectivity index (χ0n) is 14.2. The van der Waals surface area contributed by atoms with Gasteiger partial charge in [-0.05, 0) is 24.6 Å². The number of ether oxygens (including phenoxy) is 1. The first-order valence-corrected chi connectivity index (χ1v) is 9.07. The minimum atomic E-state index is -0.363. The van der Waals surface area contributed by atoms with Crippen molar-refractivity contribution in [3.8, 4) is 11.4 Å². The van der Waals surface area contributed by atoms with Crippen LogP contribution < -0.4 is 10.2 Å². The molecule has 0 aliphatic carbocycles. The lowest BCUT2D eigenvalue weighted by Crippen LogP contribution is -2.27. The fraction of sp³-hybridized carbons (Fsp3) is 0.294. The van der Waals surface area contributed by atoms with Gasteiger partial charge in [-0.15, -0.1) is 0 Å². The maximum atomic E-state index is 11.5. The number of aromatic amines is 1. The van der Waals surface area contributed by atoms with Crippen molar-refractivity contribution in [2.45, 2.75) is 12.5 Å². The number of nitrogens with zero attached hydrogens (tertiary/aromatic N) is 4. The van der Waals surface area contributed by atoms with Crippen molar-refractivity contribution in [1.29, 1.82) is 0 Å². The van der Waals surface area contributed by atoms with Crippen LogP contribution in [0, 0.1) is 0 Å². The highest BCUT2D eigenvalue weighted by Gasteiger charge is 2.25. The SMILES string of the molecule is COC(=O)c1cnc(NC2CCN(c3nccc(-c4ccc[nH]4)n3)C2)s1. The van der Waals surface area contributed by atoms with Gasteiger partial charge in [0.15, 0.2) is 5.13 Å². The fourth-order valence-electron chi connectivity index (χ4n) is 2.91. The van der Waals surface area contributed by atoms with Gasteiger partial charge < -0.3 is 19.9 Å². The number of carbonyl (C=O) groups is 1. The van der Waals surface area contributed by atoms with Gasteiger partial charge in [-0.25, -0.2) is 19.7 Å². The summed E-state index contributed by atoms with van der Waals surface area (Å²) in [6.45, 7) is 1.64. The summed E-state index contributed by atoms with van der Waals surface area (Å²) in [7, 11) is 1.37. The number of nitrogens with one attached hydrogen (secondary N) is 2. The molecule has 4 rings (SSSR count). The van der Waals surface area contributed by atoms with Crippen LogP contribution in [-0.4, -0.2) is 52.1 Å². The van der Waals surface area contributed by atoms with Gasteiger partial charge in [0.2, 0.25) is 5.95 Å². The molecule has 1 aliphatic rings. The highest BCUT2D eigenvalue weighted by molar-refractivity contribution is 7.17. The van der Waals surface area contributed by atoms with E-state index in [2.05, 4.69) is 30.2 Å². The van der Waals surface area contributed by atoms with Crippen molar-refractivity contribution < 1.29 is 9.53 Å². The van der Waals surface area contributed by atoms with E-state index in [-0.39, 0.29) is 12.0 Å². The topological polar surface area (TPSA) is 96.0 Å². The highest BCUT2D eigenvalue weighted by atomic mass is 32.1. The molecular formula is C17H18N6O2S. The summed E-state index contributed by atoms with van der Waals surface area (Å²) in [5.41, 5.74) is 1.85. The summed E-state index contributed by atoms with van der Waals surface area (Å²) in [4.78, 5) is 30.6. The van der Waals surface area contributed by atoms with Crippen molar-refractivity contribution in [2.24, 2.45) is 0 Å². The molecule has 1 fully saturated rings. The van der Waals surface area contributed by atoms with E-state index < -0.39 is 0 Å². The van der Waals surface area contributed by atoms with Crippen molar-refractivity contribution in [2.75, 3.05) is 30.4 Å². The molecule has 3 aromatic heterocycles. The third-order valence-corrected chi connectivity index (χ3v) is 5.12. The predicted octanol–water partition coefficient (Wildman–Crippen LogP) is 2.41. The Labute approximate surface area is 154 Å². The summed E-state index contributed by atoms with van der Waals surface area (Å²) in [5, 5.41) is 4.10. The molecule has 0 radical (unpaired) electrons. The van der Waals surface area contributed by atoms with Crippen LogP contribution in [0.2, 0.25) is 0 Å². The second-order valence-corrected chi connectivity index (χ2v) is 6.95. The summed E-state index contributed by atoms with van der Waals surface area (Å²) >= 11 is 1.30. The van der Waals surface area contributed by atoms with Gasteiger partial charge in [-0.1, -0.05) is 11.3 Å². The van der Waals surface area contributed by atoms with Crippen molar-refractivity contribution >= 4 is 28.4 Å². The van der Waals surface area contributed by atoms with Gasteiger partial charge >= 0.3 is 5.97 Å². The molecule has 2 N–H and O–H groups in total. The smallest absolute Gasteiger partial charge is 0.349 e. The van der Waals surface area contributed by atoms with Crippen LogP contribution in [-0.2, 0) is 4.74 Å². The lowest BCUT2D eigenvalue weighted by Gasteiger charge is -2.17. The second-order valence-electron chi connectivity index (χ2n) is 5.92. The number of H-pyrrole nitrogens is 1. The molecule has 8 nitrogen and oxygen atoms in total. The zero-order valence-corrected chi connectivity index (χ0v) is 15.0. The van der Waals surface area contributed by atoms with E-state index >= 15 is 0 Å². The average Bonchev–Trinajstić information content (AvgIpc) is 3.43. The van der Waals surface area contributed by atoms with Gasteiger partial charge in [-0.2, -0.15) is 0 Å². The Bertz CT molecular complexity index is 894. The van der Waals surface area contributed by atoms with E-state index in [0.29, 0.717) is 4.88 Å². The second kappa shape index (κ2) is 7.12. The number of thiazole rings is 1. The van der Waals surface area contributed by atoms with Gasteiger partial charge in [0.1, 0.15) is 4.88 Å². The van der Waals surface area contributed by atoms with E-state index in [0.717, 1.165) is 42.0 Å². The standard InChI is InChI=1S/C17H18N6O2S/c1-25-15(24)14-9-20-17(26-14)21-11-5-8-23(10-11)16-19-7-4-13(22-16)12-3-2-6-18-12/h2-4,6-7,9,11,18H,5,8,10H2,1H3,(H,20,21). The molecule has 0 amide bonds. The minimum Gasteiger partial charge on any atom is -0.465 e. The number of aromatic nitrogens is 4. The highest BCUT2D eigenvalue weighted by Crippen LogP contribution is 2.24. The lowest BCUT2D eigenvalue weighted by atomic mass is 10.3. The maximum absolute atomic E-state index is 11.5. The fourth-order valence-corrected chi connectivity index (χ4v) is 3.72. The number of carbonyl (C=O) groups excluding carboxylic acids is 1. The summed E-state index contributed by atoms with van der Waals surface area (Å²) in [6.07, 6.45) is 6.14. The maximum Gasteiger partial charge on any atom is 0.349 e. The van der Waals surface area contributed by atoms with E-state index in [1.165, 1.54) is 24.6 Å². The lowest BCUT2D eigenvalue weighted by molar-refractivity contribution is 0.0606. The Morgan fingerprint density at radius 2 is 2.35 bits per heavy atom. The third kappa shape index (κ3) is 3.38. The number of hydrogen-bond acceptors (Lipinski definition) is 8. The Morgan fingerprint density at radius 1 is 1.42 bits per heavy atom. The molecule has 1 aliphatic heterocycles. The van der Waals surface area contributed by atoms with Gasteiger partial charge in [0.25, 0.3) is 0 Å². The molecule has 4 heterocycles. The van der Waals surface area contributed by atoms with Gasteiger partial charge in [0.05, 0.1) is 24.7 Å². The van der Waals surface area contributed by atoms with Crippen molar-refractivity contribution in [3.63, 3.8) is 0 Å². The molecule has 0 bridgehead atoms. The third-order valence-electron chi connectivity index (χ3n) is 4.21. The van der Waals surface area contributed by atoms with Crippen LogP contribution >= 0.6 is 11.3 Å². The zero-order chi connectivity index (χ0) is 17.9. The van der Waals surface area contributed by atoms with Crippen LogP contribution in [0.25, 0.3) is 11.4 Å². The van der Waals surface area contributed by atoms with Crippen LogP contribution in [0.1, 0.15) is 16.1 Å². The van der Waals surface area contributed by atoms with Gasteiger partial charge in [0, 0.05) is 31.5 Å². The Kier molecular flexibility index (Phi) is 4.53. The van der Waals surface area contributed by atoms with E-state index in [9.17, 15) is 4.79 Å². The summed E-state index contributed by atoms with van der Waals surface area (Å²) < 4.78 is 4.71. The quantitative estimate of drug-likeness (QED) is 0.666. The van der Waals surface area contributed by atoms with E-state index in [1.54, 1.807) is 6.20 Å². The van der Waals surface area contributed by atoms with E-state index in [4.69, 9.17) is 4.74 Å². The number of anilines is 2. The first-order chi connectivity index (χ1) is 12.7. The minimum absolute atomic E-state index is 0.226. The molecule has 0 saturated carbocycles. The van der Waals surface area contributed by atoms with Crippen LogP contribution in [0.4, 0.5) is 11.1 Å². The molecule has 0 spiro atoms. The molecule has 9 heteroatoms. The first-order valence-electron chi connectivity index (χ1n) is 8.25. The number of rotatable bonds is 5. The van der Waals surface area contributed by atoms with Crippen LogP contribution in [0.15, 0.2) is 36.8 Å². The average molecular weight is 370 g/mol. The molecule has 26 heavy (non-hydrogen) atoms. The van der Waals surface area contributed by atoms with Crippen molar-refractivity contribution in [1.82, 2.24) is 19.9 Å². The monoisotopic (exact) mass is 370 g/mol. The van der Waals surface area contributed by atoms with Crippen LogP contribution in [0.3, 0.4) is 0 Å². The van der Waals surface area contributed by atoms with Gasteiger partial charge in [-0.3, -0.25) is 0 Å².